The van der Waals surface area contributed by atoms with Gasteiger partial charge in [0.15, 0.2) is 0 Å². The Labute approximate surface area is 133 Å². The smallest absolute Gasteiger partial charge is 0.279 e. The van der Waals surface area contributed by atoms with Crippen molar-refractivity contribution in [2.45, 2.75) is 85.4 Å². The van der Waals surface area contributed by atoms with E-state index in [0.29, 0.717) is 6.98 Å². The van der Waals surface area contributed by atoms with Crippen LogP contribution < -0.4 is 0 Å². The minimum absolute atomic E-state index is 0.617. The van der Waals surface area contributed by atoms with E-state index in [1.807, 2.05) is 0 Å². The molecule has 0 unspecified atom stereocenters. The molecule has 0 atom stereocenters. The molecule has 0 rings (SSSR count). The maximum atomic E-state index is 2.98. The van der Waals surface area contributed by atoms with Crippen LogP contribution in [0.15, 0.2) is 0 Å². The Morgan fingerprint density at radius 2 is 0.600 bits per heavy atom. The Morgan fingerprint density at radius 3 is 0.700 bits per heavy atom. The van der Waals surface area contributed by atoms with Gasteiger partial charge in [-0.25, -0.2) is 0 Å². The molecule has 0 spiro atoms. The fraction of sp³-hybridized carbons (Fsp3) is 1.00. The van der Waals surface area contributed by atoms with E-state index in [0.717, 1.165) is 0 Å². The van der Waals surface area contributed by atoms with E-state index in [1.165, 1.54) is 0 Å². The summed E-state index contributed by atoms with van der Waals surface area (Å²) in [6, 6.07) is 0. The first-order chi connectivity index (χ1) is 8.40. The van der Waals surface area contributed by atoms with Gasteiger partial charge in [0.2, 0.25) is 0 Å². The van der Waals surface area contributed by atoms with Crippen molar-refractivity contribution < 1.29 is 0 Å². The zero-order valence-corrected chi connectivity index (χ0v) is 20.5. The molecule has 0 aromatic heterocycles. The SMILES string of the molecule is CB(N([Si](C)(C)C)[Si](C)(C)C)N([Si](C)(C)C)[Si](C)(C)C. The normalized spacial score (nSPS) is 15.2. The van der Waals surface area contributed by atoms with Crippen LogP contribution in [0, 0.1) is 0 Å². The maximum Gasteiger partial charge on any atom is 0.279 e. The van der Waals surface area contributed by atoms with E-state index in [2.05, 4.69) is 93.7 Å². The van der Waals surface area contributed by atoms with Crippen molar-refractivity contribution in [3.63, 3.8) is 0 Å². The van der Waals surface area contributed by atoms with Crippen LogP contribution in [-0.4, -0.2) is 48.2 Å². The number of rotatable bonds is 6. The zero-order valence-electron chi connectivity index (χ0n) is 16.5. The second kappa shape index (κ2) is 6.16. The average molecular weight is 347 g/mol. The third-order valence-electron chi connectivity index (χ3n) is 3.64. The molecule has 0 aromatic rings. The molecule has 0 aromatic carbocycles. The highest BCUT2D eigenvalue weighted by Crippen LogP contribution is 2.29. The van der Waals surface area contributed by atoms with Crippen molar-refractivity contribution in [2.75, 3.05) is 0 Å². The Balaban J connectivity index is 5.81. The molecule has 0 heterocycles. The second-order valence-corrected chi connectivity index (χ2v) is 30.2. The van der Waals surface area contributed by atoms with Crippen LogP contribution in [-0.2, 0) is 0 Å². The van der Waals surface area contributed by atoms with Crippen molar-refractivity contribution in [2.24, 2.45) is 0 Å². The third-order valence-corrected chi connectivity index (χ3v) is 19.0. The molecule has 0 saturated heterocycles. The first kappa shape index (κ1) is 20.9. The number of hydrogen-bond donors (Lipinski definition) is 0. The lowest BCUT2D eigenvalue weighted by atomic mass is 9.85. The minimum Gasteiger partial charge on any atom is -0.375 e. The van der Waals surface area contributed by atoms with Crippen LogP contribution in [0.1, 0.15) is 0 Å². The Hall–Kier alpha value is 0.852. The first-order valence-electron chi connectivity index (χ1n) is 7.99. The van der Waals surface area contributed by atoms with Gasteiger partial charge >= 0.3 is 0 Å². The Morgan fingerprint density at radius 1 is 0.450 bits per heavy atom. The van der Waals surface area contributed by atoms with Crippen molar-refractivity contribution in [3.8, 4) is 0 Å². The fourth-order valence-electron chi connectivity index (χ4n) is 4.37. The first-order valence-corrected chi connectivity index (χ1v) is 21.8. The lowest BCUT2D eigenvalue weighted by Crippen LogP contribution is -2.76. The largest absolute Gasteiger partial charge is 0.375 e. The molecular formula is C13H39BN2Si4. The van der Waals surface area contributed by atoms with Gasteiger partial charge in [-0.1, -0.05) is 85.4 Å². The summed E-state index contributed by atoms with van der Waals surface area (Å²) >= 11 is 0. The van der Waals surface area contributed by atoms with Crippen molar-refractivity contribution >= 4 is 39.9 Å². The number of nitrogens with zero attached hydrogens (tertiary/aromatic N) is 2. The van der Waals surface area contributed by atoms with Gasteiger partial charge in [0.05, 0.1) is 0 Å². The highest BCUT2D eigenvalue weighted by atomic mass is 28.4. The molecule has 2 nitrogen and oxygen atoms in total. The van der Waals surface area contributed by atoms with E-state index >= 15 is 0 Å². The predicted molar refractivity (Wildman–Crippen MR) is 109 cm³/mol. The van der Waals surface area contributed by atoms with Crippen LogP contribution in [0.5, 0.6) is 0 Å². The summed E-state index contributed by atoms with van der Waals surface area (Å²) in [6.07, 6.45) is 0. The van der Waals surface area contributed by atoms with Gasteiger partial charge in [-0.15, -0.1) is 0 Å². The van der Waals surface area contributed by atoms with Crippen LogP contribution in [0.3, 0.4) is 0 Å². The van der Waals surface area contributed by atoms with E-state index in [-0.39, 0.29) is 0 Å². The van der Waals surface area contributed by atoms with Gasteiger partial charge in [-0.05, 0) is 0 Å². The summed E-state index contributed by atoms with van der Waals surface area (Å²) in [5, 5.41) is 0. The van der Waals surface area contributed by atoms with Crippen molar-refractivity contribution in [1.29, 1.82) is 0 Å². The molecule has 120 valence electrons. The summed E-state index contributed by atoms with van der Waals surface area (Å²) < 4.78 is 5.97. The standard InChI is InChI=1S/C13H39BN2Si4/c1-14(15(17(2,3)4)18(5,6)7)16(19(8,9)10)20(11,12)13/h1-13H3. The minimum atomic E-state index is -1.31. The van der Waals surface area contributed by atoms with Crippen LogP contribution >= 0.6 is 0 Å². The topological polar surface area (TPSA) is 6.48 Å². The fourth-order valence-corrected chi connectivity index (χ4v) is 25.9. The highest BCUT2D eigenvalue weighted by molar-refractivity contribution is 7.06. The van der Waals surface area contributed by atoms with Gasteiger partial charge in [0.1, 0.15) is 32.9 Å². The Bertz CT molecular complexity index is 263. The van der Waals surface area contributed by atoms with Crippen LogP contribution in [0.2, 0.25) is 85.4 Å². The molecule has 0 aliphatic rings. The van der Waals surface area contributed by atoms with Crippen LogP contribution in [0.4, 0.5) is 0 Å². The second-order valence-electron chi connectivity index (χ2n) is 10.1. The molecule has 0 amide bonds. The molecular weight excluding hydrogens is 307 g/mol. The predicted octanol–water partition coefficient (Wildman–Crippen LogP) is 5.05. The lowest BCUT2D eigenvalue weighted by Gasteiger charge is -2.56. The molecule has 7 heteroatoms. The Kier molecular flexibility index (Phi) is 6.42. The van der Waals surface area contributed by atoms with Gasteiger partial charge in [0, 0.05) is 0 Å². The van der Waals surface area contributed by atoms with Gasteiger partial charge in [-0.3, -0.25) is 0 Å². The number of hydrogen-bond acceptors (Lipinski definition) is 2. The molecule has 0 aliphatic carbocycles. The third kappa shape index (κ3) is 5.57. The highest BCUT2D eigenvalue weighted by Gasteiger charge is 2.47. The molecule has 0 aliphatic heterocycles. The quantitative estimate of drug-likeness (QED) is 0.621. The molecule has 0 radical (unpaired) electrons. The summed E-state index contributed by atoms with van der Waals surface area (Å²) in [6.45, 7) is 33.4. The molecule has 0 bridgehead atoms. The summed E-state index contributed by atoms with van der Waals surface area (Å²) in [4.78, 5) is 0. The van der Waals surface area contributed by atoms with Crippen molar-refractivity contribution in [1.82, 2.24) is 8.28 Å². The van der Waals surface area contributed by atoms with E-state index < -0.39 is 32.9 Å². The van der Waals surface area contributed by atoms with E-state index in [4.69, 9.17) is 0 Å². The molecule has 0 fully saturated rings. The monoisotopic (exact) mass is 346 g/mol. The summed E-state index contributed by atoms with van der Waals surface area (Å²) in [5.41, 5.74) is 0. The van der Waals surface area contributed by atoms with E-state index in [9.17, 15) is 0 Å². The van der Waals surface area contributed by atoms with Crippen LogP contribution in [0.25, 0.3) is 0 Å². The van der Waals surface area contributed by atoms with Gasteiger partial charge < -0.3 is 8.28 Å². The van der Waals surface area contributed by atoms with Crippen molar-refractivity contribution in [3.05, 3.63) is 0 Å². The molecule has 0 N–H and O–H groups in total. The maximum absolute atomic E-state index is 2.98. The molecule has 20 heavy (non-hydrogen) atoms. The van der Waals surface area contributed by atoms with Gasteiger partial charge in [-0.2, -0.15) is 0 Å². The summed E-state index contributed by atoms with van der Waals surface area (Å²) in [7, 11) is -5.23. The average Bonchev–Trinajstić information content (AvgIpc) is 1.88. The zero-order chi connectivity index (χ0) is 16.7. The summed E-state index contributed by atoms with van der Waals surface area (Å²) in [5.74, 6) is 0. The molecule has 0 saturated carbocycles. The van der Waals surface area contributed by atoms with Gasteiger partial charge in [0.25, 0.3) is 6.98 Å². The lowest BCUT2D eigenvalue weighted by molar-refractivity contribution is 0.799. The van der Waals surface area contributed by atoms with E-state index in [1.54, 1.807) is 0 Å².